The van der Waals surface area contributed by atoms with Gasteiger partial charge < -0.3 is 16.0 Å². The second-order valence-corrected chi connectivity index (χ2v) is 8.45. The molecule has 0 aromatic heterocycles. The Morgan fingerprint density at radius 2 is 1.64 bits per heavy atom. The van der Waals surface area contributed by atoms with Gasteiger partial charge in [-0.05, 0) is 35.1 Å². The summed E-state index contributed by atoms with van der Waals surface area (Å²) in [7, 11) is 1.77. The molecule has 0 aliphatic heterocycles. The van der Waals surface area contributed by atoms with Crippen LogP contribution in [-0.2, 0) is 10.2 Å². The highest BCUT2D eigenvalue weighted by Crippen LogP contribution is 2.22. The van der Waals surface area contributed by atoms with Crippen LogP contribution in [0.25, 0.3) is 0 Å². The van der Waals surface area contributed by atoms with Crippen LogP contribution in [0.2, 0.25) is 0 Å². The largest absolute Gasteiger partial charge is 0.352 e. The van der Waals surface area contributed by atoms with Gasteiger partial charge in [0, 0.05) is 32.1 Å². The lowest BCUT2D eigenvalue weighted by Gasteiger charge is -2.29. The van der Waals surface area contributed by atoms with Crippen molar-refractivity contribution >= 4 is 11.8 Å². The summed E-state index contributed by atoms with van der Waals surface area (Å²) in [4.78, 5) is 26.0. The molecule has 25 heavy (non-hydrogen) atoms. The number of hydrogen-bond donors (Lipinski definition) is 2. The van der Waals surface area contributed by atoms with E-state index in [4.69, 9.17) is 5.73 Å². The standard InChI is InChI=1S/C20H33N3O2/c1-19(2,3)16-9-7-15(8-10-16)18(25)22-12-11-17(24)23(6)14-20(4,5)13-21/h7-10H,11-14,21H2,1-6H3,(H,22,25). The van der Waals surface area contributed by atoms with E-state index in [9.17, 15) is 9.59 Å². The predicted octanol–water partition coefficient (Wildman–Crippen LogP) is 2.55. The minimum atomic E-state index is -0.154. The van der Waals surface area contributed by atoms with Crippen molar-refractivity contribution in [3.05, 3.63) is 35.4 Å². The fraction of sp³-hybridized carbons (Fsp3) is 0.600. The Morgan fingerprint density at radius 1 is 1.08 bits per heavy atom. The molecule has 0 heterocycles. The molecule has 0 saturated carbocycles. The van der Waals surface area contributed by atoms with Crippen LogP contribution >= 0.6 is 0 Å². The van der Waals surface area contributed by atoms with Gasteiger partial charge in [-0.1, -0.05) is 46.8 Å². The molecule has 0 aliphatic carbocycles. The van der Waals surface area contributed by atoms with Gasteiger partial charge in [-0.25, -0.2) is 0 Å². The second kappa shape index (κ2) is 8.48. The van der Waals surface area contributed by atoms with E-state index in [1.54, 1.807) is 11.9 Å². The molecule has 0 bridgehead atoms. The summed E-state index contributed by atoms with van der Waals surface area (Å²) < 4.78 is 0. The molecule has 0 saturated heterocycles. The summed E-state index contributed by atoms with van der Waals surface area (Å²) in [5, 5.41) is 2.81. The fourth-order valence-corrected chi connectivity index (χ4v) is 2.49. The molecule has 3 N–H and O–H groups in total. The van der Waals surface area contributed by atoms with Crippen LogP contribution in [0.5, 0.6) is 0 Å². The quantitative estimate of drug-likeness (QED) is 0.796. The predicted molar refractivity (Wildman–Crippen MR) is 103 cm³/mol. The van der Waals surface area contributed by atoms with E-state index < -0.39 is 0 Å². The number of amides is 2. The number of hydrogen-bond acceptors (Lipinski definition) is 3. The van der Waals surface area contributed by atoms with Crippen LogP contribution in [0.15, 0.2) is 24.3 Å². The molecule has 5 nitrogen and oxygen atoms in total. The third-order valence-corrected chi connectivity index (χ3v) is 4.28. The van der Waals surface area contributed by atoms with E-state index in [2.05, 4.69) is 26.1 Å². The Labute approximate surface area is 152 Å². The van der Waals surface area contributed by atoms with Crippen LogP contribution in [0, 0.1) is 5.41 Å². The molecule has 1 aromatic rings. The highest BCUT2D eigenvalue weighted by atomic mass is 16.2. The molecule has 140 valence electrons. The minimum Gasteiger partial charge on any atom is -0.352 e. The van der Waals surface area contributed by atoms with Crippen molar-refractivity contribution in [1.29, 1.82) is 0 Å². The van der Waals surface area contributed by atoms with Crippen LogP contribution in [0.3, 0.4) is 0 Å². The average molecular weight is 348 g/mol. The maximum absolute atomic E-state index is 12.2. The molecular formula is C20H33N3O2. The fourth-order valence-electron chi connectivity index (χ4n) is 2.49. The van der Waals surface area contributed by atoms with Crippen molar-refractivity contribution in [3.8, 4) is 0 Å². The smallest absolute Gasteiger partial charge is 0.251 e. The summed E-state index contributed by atoms with van der Waals surface area (Å²) in [5.41, 5.74) is 7.44. The van der Waals surface area contributed by atoms with Crippen LogP contribution in [0.4, 0.5) is 0 Å². The maximum atomic E-state index is 12.2. The van der Waals surface area contributed by atoms with Gasteiger partial charge in [0.1, 0.15) is 0 Å². The Kier molecular flexibility index (Phi) is 7.17. The van der Waals surface area contributed by atoms with Crippen LogP contribution < -0.4 is 11.1 Å². The lowest BCUT2D eigenvalue weighted by Crippen LogP contribution is -2.40. The van der Waals surface area contributed by atoms with Crippen LogP contribution in [-0.4, -0.2) is 43.4 Å². The summed E-state index contributed by atoms with van der Waals surface area (Å²) >= 11 is 0. The number of benzene rings is 1. The third kappa shape index (κ3) is 6.86. The molecule has 0 spiro atoms. The summed E-state index contributed by atoms with van der Waals surface area (Å²) in [6, 6.07) is 7.60. The van der Waals surface area contributed by atoms with Gasteiger partial charge in [-0.3, -0.25) is 9.59 Å². The zero-order valence-corrected chi connectivity index (χ0v) is 16.5. The zero-order valence-electron chi connectivity index (χ0n) is 16.5. The summed E-state index contributed by atoms with van der Waals surface area (Å²) in [6.07, 6.45) is 0.281. The molecule has 2 amide bonds. The average Bonchev–Trinajstić information content (AvgIpc) is 2.53. The Bertz CT molecular complexity index is 586. The number of carbonyl (C=O) groups excluding carboxylic acids is 2. The van der Waals surface area contributed by atoms with Crippen molar-refractivity contribution in [1.82, 2.24) is 10.2 Å². The van der Waals surface area contributed by atoms with Gasteiger partial charge in [0.2, 0.25) is 5.91 Å². The molecular weight excluding hydrogens is 314 g/mol. The lowest BCUT2D eigenvalue weighted by atomic mass is 9.87. The van der Waals surface area contributed by atoms with E-state index >= 15 is 0 Å². The van der Waals surface area contributed by atoms with Gasteiger partial charge in [0.25, 0.3) is 5.91 Å². The zero-order chi connectivity index (χ0) is 19.3. The number of nitrogens with two attached hydrogens (primary N) is 1. The van der Waals surface area contributed by atoms with Gasteiger partial charge in [0.15, 0.2) is 0 Å². The minimum absolute atomic E-state index is 0.00454. The molecule has 1 aromatic carbocycles. The monoisotopic (exact) mass is 347 g/mol. The molecule has 0 radical (unpaired) electrons. The van der Waals surface area contributed by atoms with E-state index in [0.29, 0.717) is 25.2 Å². The first kappa shape index (κ1) is 21.2. The van der Waals surface area contributed by atoms with E-state index in [1.165, 1.54) is 5.56 Å². The molecule has 0 unspecified atom stereocenters. The normalized spacial score (nSPS) is 12.0. The van der Waals surface area contributed by atoms with Crippen LogP contribution in [0.1, 0.15) is 57.0 Å². The van der Waals surface area contributed by atoms with Gasteiger partial charge >= 0.3 is 0 Å². The first-order valence-electron chi connectivity index (χ1n) is 8.79. The molecule has 0 aliphatic rings. The van der Waals surface area contributed by atoms with Gasteiger partial charge in [0.05, 0.1) is 0 Å². The number of nitrogens with zero attached hydrogens (tertiary/aromatic N) is 1. The lowest BCUT2D eigenvalue weighted by molar-refractivity contribution is -0.130. The molecule has 0 fully saturated rings. The first-order chi connectivity index (χ1) is 11.5. The second-order valence-electron chi connectivity index (χ2n) is 8.45. The van der Waals surface area contributed by atoms with Crippen molar-refractivity contribution in [2.45, 2.75) is 46.5 Å². The van der Waals surface area contributed by atoms with Crippen molar-refractivity contribution in [2.75, 3.05) is 26.7 Å². The van der Waals surface area contributed by atoms with Crippen molar-refractivity contribution in [3.63, 3.8) is 0 Å². The Balaban J connectivity index is 2.48. The van der Waals surface area contributed by atoms with Crippen molar-refractivity contribution < 1.29 is 9.59 Å². The maximum Gasteiger partial charge on any atom is 0.251 e. The van der Waals surface area contributed by atoms with E-state index in [-0.39, 0.29) is 29.1 Å². The van der Waals surface area contributed by atoms with Crippen molar-refractivity contribution in [2.24, 2.45) is 11.1 Å². The number of nitrogens with one attached hydrogen (secondary N) is 1. The van der Waals surface area contributed by atoms with Gasteiger partial charge in [-0.2, -0.15) is 0 Å². The Morgan fingerprint density at radius 3 is 2.12 bits per heavy atom. The SMILES string of the molecule is CN(CC(C)(C)CN)C(=O)CCNC(=O)c1ccc(C(C)(C)C)cc1. The first-order valence-corrected chi connectivity index (χ1v) is 8.79. The summed E-state index contributed by atoms with van der Waals surface area (Å²) in [6.45, 7) is 11.9. The third-order valence-electron chi connectivity index (χ3n) is 4.28. The molecule has 5 heteroatoms. The van der Waals surface area contributed by atoms with Gasteiger partial charge in [-0.15, -0.1) is 0 Å². The highest BCUT2D eigenvalue weighted by Gasteiger charge is 2.21. The Hall–Kier alpha value is -1.88. The number of carbonyl (C=O) groups is 2. The van der Waals surface area contributed by atoms with E-state index in [1.807, 2.05) is 38.1 Å². The van der Waals surface area contributed by atoms with E-state index in [0.717, 1.165) is 0 Å². The number of rotatable bonds is 7. The molecule has 1 rings (SSSR count). The topological polar surface area (TPSA) is 75.4 Å². The molecule has 0 atom stereocenters. The summed E-state index contributed by atoms with van der Waals surface area (Å²) in [5.74, 6) is -0.150. The highest BCUT2D eigenvalue weighted by molar-refractivity contribution is 5.94.